The molecule has 0 saturated carbocycles. The molecule has 0 saturated heterocycles. The first-order valence-electron chi connectivity index (χ1n) is 5.14. The molecular formula is C12H17N3O. The van der Waals surface area contributed by atoms with Crippen molar-refractivity contribution in [3.63, 3.8) is 0 Å². The molecule has 0 bridgehead atoms. The van der Waals surface area contributed by atoms with Gasteiger partial charge < -0.3 is 10.4 Å². The molecule has 1 aromatic carbocycles. The van der Waals surface area contributed by atoms with Crippen molar-refractivity contribution < 1.29 is 5.11 Å². The zero-order chi connectivity index (χ0) is 11.8. The number of hydrogen-bond donors (Lipinski definition) is 2. The van der Waals surface area contributed by atoms with Crippen LogP contribution in [0.4, 0.5) is 5.69 Å². The molecule has 4 heteroatoms. The fourth-order valence-corrected chi connectivity index (χ4v) is 1.43. The van der Waals surface area contributed by atoms with Crippen molar-refractivity contribution in [2.24, 2.45) is 9.98 Å². The van der Waals surface area contributed by atoms with Gasteiger partial charge in [-0.3, -0.25) is 9.98 Å². The first-order valence-corrected chi connectivity index (χ1v) is 5.14. The molecule has 1 aromatic rings. The van der Waals surface area contributed by atoms with Crippen LogP contribution in [-0.2, 0) is 0 Å². The molecule has 86 valence electrons. The number of hydrogen-bond acceptors (Lipinski definition) is 4. The highest BCUT2D eigenvalue weighted by Gasteiger charge is 1.97. The zero-order valence-corrected chi connectivity index (χ0v) is 9.64. The highest BCUT2D eigenvalue weighted by Crippen LogP contribution is 2.12. The third-order valence-corrected chi connectivity index (χ3v) is 1.97. The molecule has 0 aliphatic heterocycles. The molecule has 0 aliphatic carbocycles. The second-order valence-corrected chi connectivity index (χ2v) is 3.31. The molecule has 0 fully saturated rings. The lowest BCUT2D eigenvalue weighted by molar-refractivity contribution is 0.311. The van der Waals surface area contributed by atoms with Crippen LogP contribution in [0.15, 0.2) is 28.2 Å². The summed E-state index contributed by atoms with van der Waals surface area (Å²) in [6.07, 6.45) is 3.58. The molecule has 0 heterocycles. The van der Waals surface area contributed by atoms with Gasteiger partial charge in [-0.15, -0.1) is 0 Å². The van der Waals surface area contributed by atoms with E-state index in [2.05, 4.69) is 15.3 Å². The summed E-state index contributed by atoms with van der Waals surface area (Å²) >= 11 is 0. The Morgan fingerprint density at radius 3 is 2.12 bits per heavy atom. The van der Waals surface area contributed by atoms with E-state index in [0.29, 0.717) is 6.54 Å². The molecule has 0 aliphatic rings. The normalized spacial score (nSPS) is 11.4. The molecule has 16 heavy (non-hydrogen) atoms. The van der Waals surface area contributed by atoms with Gasteiger partial charge >= 0.3 is 0 Å². The van der Waals surface area contributed by atoms with Crippen LogP contribution >= 0.6 is 0 Å². The Hall–Kier alpha value is -1.68. The number of aliphatic hydroxyl groups excluding tert-OH is 1. The number of aliphatic imine (C=N–C) groups is 2. The Morgan fingerprint density at radius 1 is 1.12 bits per heavy atom. The lowest BCUT2D eigenvalue weighted by Gasteiger charge is -2.06. The molecule has 0 aromatic heterocycles. The quantitative estimate of drug-likeness (QED) is 0.731. The number of rotatable bonds is 5. The van der Waals surface area contributed by atoms with Crippen LogP contribution in [0.5, 0.6) is 0 Å². The van der Waals surface area contributed by atoms with Gasteiger partial charge in [0.2, 0.25) is 0 Å². The van der Waals surface area contributed by atoms with Crippen LogP contribution in [0.25, 0.3) is 0 Å². The summed E-state index contributed by atoms with van der Waals surface area (Å²) in [5.74, 6) is 0. The van der Waals surface area contributed by atoms with E-state index >= 15 is 0 Å². The van der Waals surface area contributed by atoms with Gasteiger partial charge in [0.25, 0.3) is 0 Å². The molecule has 4 nitrogen and oxygen atoms in total. The van der Waals surface area contributed by atoms with E-state index in [4.69, 9.17) is 5.11 Å². The third kappa shape index (κ3) is 3.82. The van der Waals surface area contributed by atoms with Gasteiger partial charge in [-0.2, -0.15) is 0 Å². The molecule has 0 atom stereocenters. The lowest BCUT2D eigenvalue weighted by Crippen LogP contribution is -2.06. The predicted octanol–water partition coefficient (Wildman–Crippen LogP) is 1.19. The van der Waals surface area contributed by atoms with Crippen molar-refractivity contribution in [1.82, 2.24) is 0 Å². The van der Waals surface area contributed by atoms with Gasteiger partial charge in [-0.05, 0) is 29.3 Å². The molecular weight excluding hydrogens is 202 g/mol. The topological polar surface area (TPSA) is 57.0 Å². The van der Waals surface area contributed by atoms with Gasteiger partial charge in [0.05, 0.1) is 6.61 Å². The minimum absolute atomic E-state index is 0.114. The van der Waals surface area contributed by atoms with E-state index in [1.165, 1.54) is 0 Å². The smallest absolute Gasteiger partial charge is 0.0604 e. The number of aliphatic hydroxyl groups is 1. The molecule has 1 rings (SSSR count). The van der Waals surface area contributed by atoms with Crippen LogP contribution in [0.3, 0.4) is 0 Å². The molecule has 0 radical (unpaired) electrons. The SMILES string of the molecule is CN=Cc1cc(C=NC)cc(NCCO)c1. The monoisotopic (exact) mass is 219 g/mol. The average Bonchev–Trinajstić information content (AvgIpc) is 2.27. The van der Waals surface area contributed by atoms with Gasteiger partial charge in [-0.1, -0.05) is 0 Å². The maximum Gasteiger partial charge on any atom is 0.0604 e. The van der Waals surface area contributed by atoms with Gasteiger partial charge in [0.1, 0.15) is 0 Å². The maximum atomic E-state index is 8.76. The Bertz CT molecular complexity index is 356. The van der Waals surface area contributed by atoms with Crippen LogP contribution in [0.1, 0.15) is 11.1 Å². The van der Waals surface area contributed by atoms with Gasteiger partial charge in [0.15, 0.2) is 0 Å². The largest absolute Gasteiger partial charge is 0.395 e. The van der Waals surface area contributed by atoms with Crippen LogP contribution < -0.4 is 5.32 Å². The summed E-state index contributed by atoms with van der Waals surface area (Å²) < 4.78 is 0. The van der Waals surface area contributed by atoms with Gasteiger partial charge in [0, 0.05) is 38.8 Å². The van der Waals surface area contributed by atoms with Crippen LogP contribution in [0.2, 0.25) is 0 Å². The number of anilines is 1. The van der Waals surface area contributed by atoms with Crippen molar-refractivity contribution in [3.8, 4) is 0 Å². The predicted molar refractivity (Wildman–Crippen MR) is 69.1 cm³/mol. The van der Waals surface area contributed by atoms with E-state index in [9.17, 15) is 0 Å². The molecule has 2 N–H and O–H groups in total. The van der Waals surface area contributed by atoms with Crippen molar-refractivity contribution in [2.75, 3.05) is 32.6 Å². The highest BCUT2D eigenvalue weighted by atomic mass is 16.3. The van der Waals surface area contributed by atoms with Crippen molar-refractivity contribution in [3.05, 3.63) is 29.3 Å². The van der Waals surface area contributed by atoms with E-state index in [1.807, 2.05) is 18.2 Å². The second kappa shape index (κ2) is 6.74. The standard InChI is InChI=1S/C12H17N3O/c1-13-8-10-5-11(9-14-2)7-12(6-10)15-3-4-16/h5-9,15-16H,3-4H2,1-2H3. The minimum atomic E-state index is 0.114. The second-order valence-electron chi connectivity index (χ2n) is 3.31. The van der Waals surface area contributed by atoms with E-state index in [-0.39, 0.29) is 6.61 Å². The fourth-order valence-electron chi connectivity index (χ4n) is 1.43. The van der Waals surface area contributed by atoms with Crippen molar-refractivity contribution >= 4 is 18.1 Å². The average molecular weight is 219 g/mol. The summed E-state index contributed by atoms with van der Waals surface area (Å²) in [6, 6.07) is 5.97. The zero-order valence-electron chi connectivity index (χ0n) is 9.64. The van der Waals surface area contributed by atoms with Crippen molar-refractivity contribution in [2.45, 2.75) is 0 Å². The molecule has 0 spiro atoms. The summed E-state index contributed by atoms with van der Waals surface area (Å²) in [7, 11) is 3.48. The Balaban J connectivity index is 2.98. The Labute approximate surface area is 95.8 Å². The van der Waals surface area contributed by atoms with E-state index < -0.39 is 0 Å². The highest BCUT2D eigenvalue weighted by molar-refractivity contribution is 5.88. The Morgan fingerprint density at radius 2 is 1.69 bits per heavy atom. The maximum absolute atomic E-state index is 8.76. The molecule has 0 amide bonds. The van der Waals surface area contributed by atoms with Crippen LogP contribution in [-0.4, -0.2) is 44.8 Å². The minimum Gasteiger partial charge on any atom is -0.395 e. The first-order chi connectivity index (χ1) is 7.80. The summed E-state index contributed by atoms with van der Waals surface area (Å²) in [5.41, 5.74) is 2.99. The van der Waals surface area contributed by atoms with Crippen LogP contribution in [0, 0.1) is 0 Å². The Kier molecular flexibility index (Phi) is 5.22. The number of nitrogens with zero attached hydrogens (tertiary/aromatic N) is 2. The van der Waals surface area contributed by atoms with Crippen molar-refractivity contribution in [1.29, 1.82) is 0 Å². The summed E-state index contributed by atoms with van der Waals surface area (Å²) in [6.45, 7) is 0.652. The van der Waals surface area contributed by atoms with Gasteiger partial charge in [-0.25, -0.2) is 0 Å². The fraction of sp³-hybridized carbons (Fsp3) is 0.333. The summed E-state index contributed by atoms with van der Waals surface area (Å²) in [4.78, 5) is 7.96. The molecule has 0 unspecified atom stereocenters. The third-order valence-electron chi connectivity index (χ3n) is 1.97. The number of nitrogens with one attached hydrogen (secondary N) is 1. The van der Waals surface area contributed by atoms with E-state index in [1.54, 1.807) is 26.5 Å². The lowest BCUT2D eigenvalue weighted by atomic mass is 10.1. The van der Waals surface area contributed by atoms with E-state index in [0.717, 1.165) is 16.8 Å². The summed E-state index contributed by atoms with van der Waals surface area (Å²) in [5, 5.41) is 11.9. The number of benzene rings is 1. The first kappa shape index (κ1) is 12.4.